The molecule has 0 N–H and O–H groups in total. The second-order valence-electron chi connectivity index (χ2n) is 5.84. The lowest BCUT2D eigenvalue weighted by Crippen LogP contribution is -2.14. The van der Waals surface area contributed by atoms with E-state index in [0.29, 0.717) is 11.3 Å². The third-order valence-corrected chi connectivity index (χ3v) is 3.80. The number of benzene rings is 2. The molecule has 3 rings (SSSR count). The highest BCUT2D eigenvalue weighted by molar-refractivity contribution is 5.81. The van der Waals surface area contributed by atoms with E-state index in [1.165, 1.54) is 6.07 Å². The number of aryl methyl sites for hydroxylation is 2. The van der Waals surface area contributed by atoms with Crippen LogP contribution in [-0.4, -0.2) is 12.6 Å². The Morgan fingerprint density at radius 1 is 1.04 bits per heavy atom. The Labute approximate surface area is 144 Å². The van der Waals surface area contributed by atoms with Crippen LogP contribution in [0.25, 0.3) is 11.0 Å². The number of carbonyl (C=O) groups excluding carboxylic acids is 1. The molecule has 0 aliphatic rings. The van der Waals surface area contributed by atoms with E-state index in [0.717, 1.165) is 22.1 Å². The summed E-state index contributed by atoms with van der Waals surface area (Å²) in [5.74, 6) is -0.0279. The Kier molecular flexibility index (Phi) is 4.84. The van der Waals surface area contributed by atoms with Crippen molar-refractivity contribution < 1.29 is 18.7 Å². The topological polar surface area (TPSA) is 65.7 Å². The van der Waals surface area contributed by atoms with Crippen LogP contribution in [0.3, 0.4) is 0 Å². The van der Waals surface area contributed by atoms with Crippen molar-refractivity contribution in [3.8, 4) is 5.75 Å². The maximum absolute atomic E-state index is 11.8. The molecule has 25 heavy (non-hydrogen) atoms. The van der Waals surface area contributed by atoms with Gasteiger partial charge in [-0.05, 0) is 37.1 Å². The number of fused-ring (bicyclic) bond motifs is 1. The molecule has 2 aromatic carbocycles. The van der Waals surface area contributed by atoms with E-state index in [1.807, 2.05) is 38.1 Å². The second kappa shape index (κ2) is 7.21. The smallest absolute Gasteiger partial charge is 0.344 e. The quantitative estimate of drug-likeness (QED) is 0.526. The van der Waals surface area contributed by atoms with E-state index in [1.54, 1.807) is 18.2 Å². The first-order chi connectivity index (χ1) is 12.0. The number of esters is 1. The predicted octanol–water partition coefficient (Wildman–Crippen LogP) is 3.53. The third kappa shape index (κ3) is 4.26. The van der Waals surface area contributed by atoms with Gasteiger partial charge in [-0.3, -0.25) is 0 Å². The minimum Gasteiger partial charge on any atom is -0.482 e. The molecular weight excluding hydrogens is 320 g/mol. The molecular formula is C20H18O5. The van der Waals surface area contributed by atoms with E-state index in [4.69, 9.17) is 13.9 Å². The van der Waals surface area contributed by atoms with Gasteiger partial charge in [0.05, 0.1) is 0 Å². The van der Waals surface area contributed by atoms with Crippen molar-refractivity contribution in [1.29, 1.82) is 0 Å². The Morgan fingerprint density at radius 2 is 1.80 bits per heavy atom. The van der Waals surface area contributed by atoms with Gasteiger partial charge in [-0.2, -0.15) is 0 Å². The minimum atomic E-state index is -0.466. The summed E-state index contributed by atoms with van der Waals surface area (Å²) in [5, 5.41) is 0.828. The summed E-state index contributed by atoms with van der Waals surface area (Å²) in [6, 6.07) is 14.3. The molecule has 1 heterocycles. The van der Waals surface area contributed by atoms with Crippen molar-refractivity contribution in [1.82, 2.24) is 0 Å². The van der Waals surface area contributed by atoms with Gasteiger partial charge in [0.2, 0.25) is 0 Å². The summed E-state index contributed by atoms with van der Waals surface area (Å²) in [6.45, 7) is 3.82. The molecule has 0 bridgehead atoms. The Bertz CT molecular complexity index is 954. The molecule has 5 nitrogen and oxygen atoms in total. The highest BCUT2D eigenvalue weighted by Gasteiger charge is 2.08. The molecule has 3 aromatic rings. The van der Waals surface area contributed by atoms with Crippen molar-refractivity contribution in [2.24, 2.45) is 0 Å². The van der Waals surface area contributed by atoms with Gasteiger partial charge >= 0.3 is 11.6 Å². The summed E-state index contributed by atoms with van der Waals surface area (Å²) in [6.07, 6.45) is 0. The fourth-order valence-electron chi connectivity index (χ4n) is 2.43. The first-order valence-corrected chi connectivity index (χ1v) is 7.90. The monoisotopic (exact) mass is 338 g/mol. The lowest BCUT2D eigenvalue weighted by atomic mass is 10.1. The second-order valence-corrected chi connectivity index (χ2v) is 5.84. The third-order valence-electron chi connectivity index (χ3n) is 3.80. The SMILES string of the molecule is Cc1ccc(COC(=O)COc2ccc3c(C)cc(=O)oc3c2)cc1. The average Bonchev–Trinajstić information content (AvgIpc) is 2.59. The summed E-state index contributed by atoms with van der Waals surface area (Å²) in [4.78, 5) is 23.2. The van der Waals surface area contributed by atoms with E-state index in [9.17, 15) is 9.59 Å². The largest absolute Gasteiger partial charge is 0.482 e. The molecule has 0 aliphatic carbocycles. The molecule has 0 spiro atoms. The van der Waals surface area contributed by atoms with Crippen molar-refractivity contribution in [3.63, 3.8) is 0 Å². The van der Waals surface area contributed by atoms with Crippen LogP contribution >= 0.6 is 0 Å². The Hall–Kier alpha value is -3.08. The molecule has 1 aromatic heterocycles. The molecule has 0 saturated carbocycles. The number of hydrogen-bond acceptors (Lipinski definition) is 5. The van der Waals surface area contributed by atoms with Crippen LogP contribution < -0.4 is 10.4 Å². The molecule has 5 heteroatoms. The van der Waals surface area contributed by atoms with Gasteiger partial charge < -0.3 is 13.9 Å². The van der Waals surface area contributed by atoms with Crippen LogP contribution in [-0.2, 0) is 16.1 Å². The van der Waals surface area contributed by atoms with Crippen LogP contribution in [0.2, 0.25) is 0 Å². The van der Waals surface area contributed by atoms with Crippen LogP contribution in [0.1, 0.15) is 16.7 Å². The first-order valence-electron chi connectivity index (χ1n) is 7.90. The fraction of sp³-hybridized carbons (Fsp3) is 0.200. The van der Waals surface area contributed by atoms with Gasteiger partial charge in [-0.15, -0.1) is 0 Å². The first kappa shape index (κ1) is 16.8. The molecule has 0 fully saturated rings. The number of carbonyl (C=O) groups is 1. The minimum absolute atomic E-state index is 0.203. The maximum atomic E-state index is 11.8. The van der Waals surface area contributed by atoms with Crippen LogP contribution in [0.5, 0.6) is 5.75 Å². The summed E-state index contributed by atoms with van der Waals surface area (Å²) >= 11 is 0. The molecule has 0 saturated heterocycles. The van der Waals surface area contributed by atoms with Gasteiger partial charge in [0.15, 0.2) is 6.61 Å². The number of ether oxygens (including phenoxy) is 2. The molecule has 0 aliphatic heterocycles. The number of rotatable bonds is 5. The van der Waals surface area contributed by atoms with Crippen molar-refractivity contribution in [2.75, 3.05) is 6.61 Å². The molecule has 0 unspecified atom stereocenters. The van der Waals surface area contributed by atoms with E-state index in [-0.39, 0.29) is 13.2 Å². The van der Waals surface area contributed by atoms with Gasteiger partial charge in [-0.25, -0.2) is 9.59 Å². The molecule has 128 valence electrons. The van der Waals surface area contributed by atoms with Gasteiger partial charge in [0, 0.05) is 17.5 Å². The van der Waals surface area contributed by atoms with Crippen LogP contribution in [0.15, 0.2) is 57.7 Å². The summed E-state index contributed by atoms with van der Waals surface area (Å²) in [5.41, 5.74) is 2.91. The van der Waals surface area contributed by atoms with Gasteiger partial charge in [-0.1, -0.05) is 29.8 Å². The summed E-state index contributed by atoms with van der Waals surface area (Å²) < 4.78 is 15.8. The zero-order chi connectivity index (χ0) is 17.8. The molecule has 0 radical (unpaired) electrons. The highest BCUT2D eigenvalue weighted by Crippen LogP contribution is 2.22. The molecule has 0 amide bonds. The normalized spacial score (nSPS) is 10.6. The van der Waals surface area contributed by atoms with E-state index >= 15 is 0 Å². The van der Waals surface area contributed by atoms with Crippen LogP contribution in [0.4, 0.5) is 0 Å². The molecule has 0 atom stereocenters. The number of hydrogen-bond donors (Lipinski definition) is 0. The zero-order valence-corrected chi connectivity index (χ0v) is 14.1. The lowest BCUT2D eigenvalue weighted by molar-refractivity contribution is -0.147. The van der Waals surface area contributed by atoms with Crippen LogP contribution in [0, 0.1) is 13.8 Å². The van der Waals surface area contributed by atoms with Crippen molar-refractivity contribution >= 4 is 16.9 Å². The fourth-order valence-corrected chi connectivity index (χ4v) is 2.43. The van der Waals surface area contributed by atoms with E-state index in [2.05, 4.69) is 0 Å². The standard InChI is InChI=1S/C20H18O5/c1-13-3-5-15(6-4-13)11-24-20(22)12-23-16-7-8-17-14(2)9-19(21)25-18(17)10-16/h3-10H,11-12H2,1-2H3. The Balaban J connectivity index is 1.59. The van der Waals surface area contributed by atoms with Crippen molar-refractivity contribution in [2.45, 2.75) is 20.5 Å². The van der Waals surface area contributed by atoms with Gasteiger partial charge in [0.1, 0.15) is 17.9 Å². The summed E-state index contributed by atoms with van der Waals surface area (Å²) in [7, 11) is 0. The zero-order valence-electron chi connectivity index (χ0n) is 14.1. The lowest BCUT2D eigenvalue weighted by Gasteiger charge is -2.08. The Morgan fingerprint density at radius 3 is 2.56 bits per heavy atom. The highest BCUT2D eigenvalue weighted by atomic mass is 16.6. The average molecular weight is 338 g/mol. The van der Waals surface area contributed by atoms with Crippen molar-refractivity contribution in [3.05, 3.63) is 75.6 Å². The van der Waals surface area contributed by atoms with E-state index < -0.39 is 11.6 Å². The predicted molar refractivity (Wildman–Crippen MR) is 93.7 cm³/mol. The van der Waals surface area contributed by atoms with Gasteiger partial charge in [0.25, 0.3) is 0 Å². The maximum Gasteiger partial charge on any atom is 0.344 e.